The predicted octanol–water partition coefficient (Wildman–Crippen LogP) is 1.75. The van der Waals surface area contributed by atoms with Crippen LogP contribution in [-0.4, -0.2) is 73.7 Å². The molecular formula is C19H29N3O2. The van der Waals surface area contributed by atoms with Crippen molar-refractivity contribution in [3.63, 3.8) is 0 Å². The summed E-state index contributed by atoms with van der Waals surface area (Å²) in [4.78, 5) is 19.2. The summed E-state index contributed by atoms with van der Waals surface area (Å²) in [5.41, 5.74) is 2.54. The van der Waals surface area contributed by atoms with E-state index in [1.165, 1.54) is 11.3 Å². The third-order valence-electron chi connectivity index (χ3n) is 4.85. The Kier molecular flexibility index (Phi) is 5.41. The second-order valence-corrected chi connectivity index (χ2v) is 7.16. The molecule has 1 amide bonds. The van der Waals surface area contributed by atoms with Crippen molar-refractivity contribution in [2.75, 3.05) is 50.7 Å². The Hall–Kier alpha value is -1.59. The highest BCUT2D eigenvalue weighted by Crippen LogP contribution is 2.18. The number of piperazine rings is 1. The molecular weight excluding hydrogens is 302 g/mol. The number of amides is 1. The molecule has 5 nitrogen and oxygen atoms in total. The summed E-state index contributed by atoms with van der Waals surface area (Å²) in [5.74, 6) is 0.250. The molecule has 0 N–H and O–H groups in total. The first kappa shape index (κ1) is 17.2. The van der Waals surface area contributed by atoms with Crippen LogP contribution in [0.2, 0.25) is 0 Å². The van der Waals surface area contributed by atoms with Crippen LogP contribution >= 0.6 is 0 Å². The quantitative estimate of drug-likeness (QED) is 0.845. The first-order valence-corrected chi connectivity index (χ1v) is 8.98. The SMILES string of the molecule is Cc1cccc(N2CCN(C(=O)CN3CC(C)OC(C)C3)CC2)c1. The fourth-order valence-corrected chi connectivity index (χ4v) is 3.74. The molecule has 0 saturated carbocycles. The Bertz CT molecular complexity index is 559. The zero-order valence-electron chi connectivity index (χ0n) is 15.1. The first-order valence-electron chi connectivity index (χ1n) is 8.98. The van der Waals surface area contributed by atoms with Gasteiger partial charge in [0.05, 0.1) is 18.8 Å². The number of benzene rings is 1. The van der Waals surface area contributed by atoms with Gasteiger partial charge in [0.2, 0.25) is 5.91 Å². The highest BCUT2D eigenvalue weighted by Gasteiger charge is 2.27. The fourth-order valence-electron chi connectivity index (χ4n) is 3.74. The van der Waals surface area contributed by atoms with Crippen molar-refractivity contribution in [3.05, 3.63) is 29.8 Å². The molecule has 0 bridgehead atoms. The normalized spacial score (nSPS) is 25.8. The van der Waals surface area contributed by atoms with Crippen LogP contribution in [0.15, 0.2) is 24.3 Å². The predicted molar refractivity (Wildman–Crippen MR) is 96.4 cm³/mol. The minimum Gasteiger partial charge on any atom is -0.373 e. The van der Waals surface area contributed by atoms with Crippen LogP contribution in [0.5, 0.6) is 0 Å². The summed E-state index contributed by atoms with van der Waals surface area (Å²) >= 11 is 0. The maximum absolute atomic E-state index is 12.6. The molecule has 24 heavy (non-hydrogen) atoms. The Balaban J connectivity index is 1.50. The van der Waals surface area contributed by atoms with Crippen LogP contribution in [0.3, 0.4) is 0 Å². The van der Waals surface area contributed by atoms with Gasteiger partial charge in [-0.15, -0.1) is 0 Å². The second-order valence-electron chi connectivity index (χ2n) is 7.16. The lowest BCUT2D eigenvalue weighted by molar-refractivity contribution is -0.136. The highest BCUT2D eigenvalue weighted by molar-refractivity contribution is 5.78. The van der Waals surface area contributed by atoms with Gasteiger partial charge >= 0.3 is 0 Å². The molecule has 2 unspecified atom stereocenters. The van der Waals surface area contributed by atoms with Gasteiger partial charge in [-0.3, -0.25) is 9.69 Å². The molecule has 0 radical (unpaired) electrons. The van der Waals surface area contributed by atoms with Crippen molar-refractivity contribution < 1.29 is 9.53 Å². The fraction of sp³-hybridized carbons (Fsp3) is 0.632. The van der Waals surface area contributed by atoms with Crippen molar-refractivity contribution >= 4 is 11.6 Å². The van der Waals surface area contributed by atoms with E-state index >= 15 is 0 Å². The number of carbonyl (C=O) groups excluding carboxylic acids is 1. The van der Waals surface area contributed by atoms with E-state index in [-0.39, 0.29) is 18.1 Å². The topological polar surface area (TPSA) is 36.0 Å². The summed E-state index contributed by atoms with van der Waals surface area (Å²) in [6, 6.07) is 8.59. The maximum Gasteiger partial charge on any atom is 0.236 e. The number of rotatable bonds is 3. The molecule has 0 aliphatic carbocycles. The minimum absolute atomic E-state index is 0.208. The summed E-state index contributed by atoms with van der Waals surface area (Å²) in [6.45, 7) is 11.9. The van der Waals surface area contributed by atoms with E-state index in [4.69, 9.17) is 4.74 Å². The Morgan fingerprint density at radius 1 is 1.12 bits per heavy atom. The maximum atomic E-state index is 12.6. The summed E-state index contributed by atoms with van der Waals surface area (Å²) < 4.78 is 5.74. The molecule has 2 heterocycles. The van der Waals surface area contributed by atoms with Gasteiger partial charge in [0.25, 0.3) is 0 Å². The van der Waals surface area contributed by atoms with E-state index in [0.717, 1.165) is 39.3 Å². The number of carbonyl (C=O) groups is 1. The van der Waals surface area contributed by atoms with E-state index in [2.05, 4.69) is 54.8 Å². The van der Waals surface area contributed by atoms with Gasteiger partial charge in [0, 0.05) is 45.0 Å². The summed E-state index contributed by atoms with van der Waals surface area (Å²) in [7, 11) is 0. The Morgan fingerprint density at radius 3 is 2.42 bits per heavy atom. The largest absolute Gasteiger partial charge is 0.373 e. The molecule has 1 aromatic rings. The van der Waals surface area contributed by atoms with Gasteiger partial charge in [0.15, 0.2) is 0 Å². The lowest BCUT2D eigenvalue weighted by Crippen LogP contribution is -2.54. The number of nitrogens with zero attached hydrogens (tertiary/aromatic N) is 3. The van der Waals surface area contributed by atoms with Gasteiger partial charge in [-0.2, -0.15) is 0 Å². The van der Waals surface area contributed by atoms with Crippen molar-refractivity contribution in [1.82, 2.24) is 9.80 Å². The van der Waals surface area contributed by atoms with Crippen LogP contribution in [0.1, 0.15) is 19.4 Å². The third kappa shape index (κ3) is 4.28. The number of morpholine rings is 1. The minimum atomic E-state index is 0.208. The monoisotopic (exact) mass is 331 g/mol. The molecule has 0 spiro atoms. The van der Waals surface area contributed by atoms with Crippen LogP contribution < -0.4 is 4.90 Å². The summed E-state index contributed by atoms with van der Waals surface area (Å²) in [5, 5.41) is 0. The molecule has 2 aliphatic heterocycles. The number of anilines is 1. The molecule has 5 heteroatoms. The Labute approximate surface area is 145 Å². The third-order valence-corrected chi connectivity index (χ3v) is 4.85. The Morgan fingerprint density at radius 2 is 1.79 bits per heavy atom. The van der Waals surface area contributed by atoms with Crippen molar-refractivity contribution in [2.45, 2.75) is 33.0 Å². The van der Waals surface area contributed by atoms with Crippen LogP contribution in [0.25, 0.3) is 0 Å². The number of hydrogen-bond acceptors (Lipinski definition) is 4. The number of aryl methyl sites for hydroxylation is 1. The van der Waals surface area contributed by atoms with Gasteiger partial charge < -0.3 is 14.5 Å². The van der Waals surface area contributed by atoms with Gasteiger partial charge in [-0.25, -0.2) is 0 Å². The van der Waals surface area contributed by atoms with Gasteiger partial charge in [0.1, 0.15) is 0 Å². The first-order chi connectivity index (χ1) is 11.5. The smallest absolute Gasteiger partial charge is 0.236 e. The average Bonchev–Trinajstić information content (AvgIpc) is 2.54. The molecule has 132 valence electrons. The molecule has 3 rings (SSSR count). The highest BCUT2D eigenvalue weighted by atomic mass is 16.5. The van der Waals surface area contributed by atoms with Gasteiger partial charge in [-0.05, 0) is 38.5 Å². The van der Waals surface area contributed by atoms with Crippen LogP contribution in [0.4, 0.5) is 5.69 Å². The molecule has 2 atom stereocenters. The lowest BCUT2D eigenvalue weighted by atomic mass is 10.2. The lowest BCUT2D eigenvalue weighted by Gasteiger charge is -2.39. The van der Waals surface area contributed by atoms with Gasteiger partial charge in [-0.1, -0.05) is 12.1 Å². The molecule has 2 aliphatic rings. The van der Waals surface area contributed by atoms with Crippen LogP contribution in [0, 0.1) is 6.92 Å². The molecule has 2 saturated heterocycles. The zero-order valence-corrected chi connectivity index (χ0v) is 15.1. The van der Waals surface area contributed by atoms with E-state index in [0.29, 0.717) is 6.54 Å². The number of hydrogen-bond donors (Lipinski definition) is 0. The molecule has 1 aromatic carbocycles. The van der Waals surface area contributed by atoms with Crippen molar-refractivity contribution in [2.24, 2.45) is 0 Å². The van der Waals surface area contributed by atoms with Crippen molar-refractivity contribution in [3.8, 4) is 0 Å². The zero-order chi connectivity index (χ0) is 17.1. The standard InChI is InChI=1S/C19H29N3O2/c1-15-5-4-6-18(11-15)21-7-9-22(10-8-21)19(23)14-20-12-16(2)24-17(3)13-20/h4-6,11,16-17H,7-10,12-14H2,1-3H3. The number of ether oxygens (including phenoxy) is 1. The molecule has 2 fully saturated rings. The van der Waals surface area contributed by atoms with E-state index in [9.17, 15) is 4.79 Å². The van der Waals surface area contributed by atoms with Crippen LogP contribution in [-0.2, 0) is 9.53 Å². The van der Waals surface area contributed by atoms with Crippen molar-refractivity contribution in [1.29, 1.82) is 0 Å². The summed E-state index contributed by atoms with van der Waals surface area (Å²) in [6.07, 6.45) is 0.416. The molecule has 0 aromatic heterocycles. The van der Waals surface area contributed by atoms with E-state index < -0.39 is 0 Å². The van der Waals surface area contributed by atoms with E-state index in [1.807, 2.05) is 4.90 Å². The average molecular weight is 331 g/mol. The van der Waals surface area contributed by atoms with E-state index in [1.54, 1.807) is 0 Å². The second kappa shape index (κ2) is 7.53.